The largest absolute Gasteiger partial charge is 0.457 e. The Bertz CT molecular complexity index is 1290. The van der Waals surface area contributed by atoms with Crippen LogP contribution < -0.4 is 20.7 Å². The van der Waals surface area contributed by atoms with Gasteiger partial charge < -0.3 is 26.1 Å². The van der Waals surface area contributed by atoms with Gasteiger partial charge in [0.1, 0.15) is 11.5 Å². The quantitative estimate of drug-likeness (QED) is 0.374. The summed E-state index contributed by atoms with van der Waals surface area (Å²) in [5.41, 5.74) is 5.51. The van der Waals surface area contributed by atoms with Gasteiger partial charge in [0.05, 0.1) is 5.69 Å². The normalized spacial score (nSPS) is 20.5. The lowest BCUT2D eigenvalue weighted by Crippen LogP contribution is -2.44. The second-order valence-electron chi connectivity index (χ2n) is 9.51. The number of carbonyl (C=O) groups is 1. The zero-order chi connectivity index (χ0) is 24.5. The summed E-state index contributed by atoms with van der Waals surface area (Å²) in [4.78, 5) is 17.5. The Labute approximate surface area is 205 Å². The van der Waals surface area contributed by atoms with E-state index in [0.29, 0.717) is 34.7 Å². The summed E-state index contributed by atoms with van der Waals surface area (Å²) in [7, 11) is 1.83. The maximum atomic E-state index is 12.9. The number of piperidine rings is 1. The second-order valence-corrected chi connectivity index (χ2v) is 9.51. The Morgan fingerprint density at radius 2 is 1.89 bits per heavy atom. The molecule has 2 aromatic carbocycles. The molecule has 1 amide bonds. The minimum Gasteiger partial charge on any atom is -0.457 e. The number of pyridine rings is 1. The van der Waals surface area contributed by atoms with Crippen LogP contribution in [0.1, 0.15) is 41.3 Å². The Hall–Kier alpha value is -3.71. The van der Waals surface area contributed by atoms with Crippen molar-refractivity contribution in [2.45, 2.75) is 38.8 Å². The van der Waals surface area contributed by atoms with Crippen molar-refractivity contribution in [3.63, 3.8) is 0 Å². The summed E-state index contributed by atoms with van der Waals surface area (Å²) < 4.78 is 6.09. The number of fused-ring (bicyclic) bond motifs is 2. The molecule has 0 spiro atoms. The first-order valence-corrected chi connectivity index (χ1v) is 12.1. The van der Waals surface area contributed by atoms with Crippen LogP contribution in [0.25, 0.3) is 11.3 Å². The minimum absolute atomic E-state index is 0.000545. The number of benzene rings is 2. The van der Waals surface area contributed by atoms with Crippen LogP contribution >= 0.6 is 0 Å². The van der Waals surface area contributed by atoms with E-state index in [9.17, 15) is 4.79 Å². The molecule has 1 aliphatic carbocycles. The van der Waals surface area contributed by atoms with E-state index in [1.807, 2.05) is 62.5 Å². The van der Waals surface area contributed by atoms with Crippen molar-refractivity contribution >= 4 is 17.3 Å². The van der Waals surface area contributed by atoms with Crippen molar-refractivity contribution in [1.82, 2.24) is 15.6 Å². The molecule has 2 bridgehead atoms. The Kier molecular flexibility index (Phi) is 6.26. The van der Waals surface area contributed by atoms with E-state index in [1.54, 1.807) is 13.1 Å². The fraction of sp³-hybridized carbons (Fsp3) is 0.321. The molecule has 3 aromatic rings. The van der Waals surface area contributed by atoms with Gasteiger partial charge in [-0.25, -0.2) is 0 Å². The number of hydrogen-bond acceptors (Lipinski definition) is 6. The van der Waals surface area contributed by atoms with Crippen LogP contribution in [0.15, 0.2) is 54.7 Å². The number of aromatic nitrogens is 1. The monoisotopic (exact) mass is 469 g/mol. The summed E-state index contributed by atoms with van der Waals surface area (Å²) >= 11 is 0. The molecule has 35 heavy (non-hydrogen) atoms. The average Bonchev–Trinajstić information content (AvgIpc) is 3.47. The third-order valence-electron chi connectivity index (χ3n) is 7.08. The average molecular weight is 470 g/mol. The molecule has 1 aromatic heterocycles. The molecule has 3 atom stereocenters. The second kappa shape index (κ2) is 9.50. The SMILES string of the molecule is CNc1cc(Oc2ccnc(-c3ccc(C(=O)N[C@H]4C[C@@H]5C[C@H]4CN5)c(C)c3)c2)ccc1C(C)=N. The number of aryl methyl sites for hydroxylation is 1. The summed E-state index contributed by atoms with van der Waals surface area (Å²) in [6, 6.07) is 16.0. The maximum Gasteiger partial charge on any atom is 0.251 e. The zero-order valence-electron chi connectivity index (χ0n) is 20.3. The van der Waals surface area contributed by atoms with Gasteiger partial charge in [-0.05, 0) is 68.5 Å². The summed E-state index contributed by atoms with van der Waals surface area (Å²) in [5.74, 6) is 1.89. The van der Waals surface area contributed by atoms with Crippen molar-refractivity contribution in [2.24, 2.45) is 5.92 Å². The van der Waals surface area contributed by atoms with E-state index < -0.39 is 0 Å². The van der Waals surface area contributed by atoms with Crippen molar-refractivity contribution in [1.29, 1.82) is 5.41 Å². The number of amides is 1. The van der Waals surface area contributed by atoms with Gasteiger partial charge in [-0.2, -0.15) is 0 Å². The van der Waals surface area contributed by atoms with Crippen molar-refractivity contribution in [3.05, 3.63) is 71.4 Å². The number of rotatable bonds is 7. The molecule has 1 saturated heterocycles. The first-order chi connectivity index (χ1) is 16.9. The van der Waals surface area contributed by atoms with Gasteiger partial charge in [-0.3, -0.25) is 9.78 Å². The van der Waals surface area contributed by atoms with Gasteiger partial charge in [0, 0.05) is 72.1 Å². The maximum absolute atomic E-state index is 12.9. The highest BCUT2D eigenvalue weighted by molar-refractivity contribution is 6.01. The summed E-state index contributed by atoms with van der Waals surface area (Å²) in [6.45, 7) is 4.73. The van der Waals surface area contributed by atoms with Crippen LogP contribution in [0.5, 0.6) is 11.5 Å². The predicted octanol–water partition coefficient (Wildman–Crippen LogP) is 4.76. The lowest BCUT2D eigenvalue weighted by Gasteiger charge is -2.24. The molecule has 0 radical (unpaired) electrons. The molecule has 1 aliphatic heterocycles. The highest BCUT2D eigenvalue weighted by atomic mass is 16.5. The molecule has 5 rings (SSSR count). The molecule has 2 heterocycles. The standard InChI is InChI=1S/C28H31N5O2/c1-16-10-18(4-6-23(16)28(34)33-26-12-20-11-19(26)15-32-20)25-13-22(8-9-31-25)35-21-5-7-24(17(2)29)27(14-21)30-3/h4-10,13-14,19-20,26,29-30,32H,11-12,15H2,1-3H3,(H,33,34)/t19-,20-,26-/m0/s1. The van der Waals surface area contributed by atoms with E-state index in [4.69, 9.17) is 10.1 Å². The van der Waals surface area contributed by atoms with Gasteiger partial charge in [0.2, 0.25) is 0 Å². The van der Waals surface area contributed by atoms with E-state index in [0.717, 1.165) is 47.5 Å². The smallest absolute Gasteiger partial charge is 0.251 e. The lowest BCUT2D eigenvalue weighted by molar-refractivity contribution is 0.0924. The van der Waals surface area contributed by atoms with Gasteiger partial charge in [0.15, 0.2) is 0 Å². The van der Waals surface area contributed by atoms with Crippen LogP contribution in [0.3, 0.4) is 0 Å². The van der Waals surface area contributed by atoms with Crippen LogP contribution in [0.2, 0.25) is 0 Å². The van der Waals surface area contributed by atoms with Crippen LogP contribution in [0.4, 0.5) is 5.69 Å². The zero-order valence-corrected chi connectivity index (χ0v) is 20.3. The molecule has 2 aliphatic rings. The van der Waals surface area contributed by atoms with Gasteiger partial charge in [-0.15, -0.1) is 0 Å². The van der Waals surface area contributed by atoms with Gasteiger partial charge in [0.25, 0.3) is 5.91 Å². The van der Waals surface area contributed by atoms with E-state index in [1.165, 1.54) is 0 Å². The van der Waals surface area contributed by atoms with E-state index in [-0.39, 0.29) is 11.9 Å². The molecule has 7 nitrogen and oxygen atoms in total. The van der Waals surface area contributed by atoms with Crippen LogP contribution in [-0.2, 0) is 0 Å². The number of nitrogens with zero attached hydrogens (tertiary/aromatic N) is 1. The van der Waals surface area contributed by atoms with Crippen molar-refractivity contribution < 1.29 is 9.53 Å². The van der Waals surface area contributed by atoms with Gasteiger partial charge in [-0.1, -0.05) is 6.07 Å². The van der Waals surface area contributed by atoms with E-state index in [2.05, 4.69) is 20.9 Å². The highest BCUT2D eigenvalue weighted by Gasteiger charge is 2.40. The lowest BCUT2D eigenvalue weighted by atomic mass is 10.00. The van der Waals surface area contributed by atoms with E-state index >= 15 is 0 Å². The van der Waals surface area contributed by atoms with Crippen LogP contribution in [0, 0.1) is 18.3 Å². The predicted molar refractivity (Wildman–Crippen MR) is 139 cm³/mol. The van der Waals surface area contributed by atoms with Gasteiger partial charge >= 0.3 is 0 Å². The molecule has 0 unspecified atom stereocenters. The summed E-state index contributed by atoms with van der Waals surface area (Å²) in [5, 5.41) is 17.8. The number of ether oxygens (including phenoxy) is 1. The molecule has 180 valence electrons. The first kappa shape index (κ1) is 23.1. The Morgan fingerprint density at radius 3 is 2.57 bits per heavy atom. The molecular formula is C28H31N5O2. The Morgan fingerprint density at radius 1 is 1.09 bits per heavy atom. The number of nitrogens with one attached hydrogen (secondary N) is 4. The summed E-state index contributed by atoms with van der Waals surface area (Å²) in [6.07, 6.45) is 3.90. The third kappa shape index (κ3) is 4.77. The van der Waals surface area contributed by atoms with Crippen LogP contribution in [-0.4, -0.2) is 42.3 Å². The van der Waals surface area contributed by atoms with Crippen molar-refractivity contribution in [3.8, 4) is 22.8 Å². The number of carbonyl (C=O) groups excluding carboxylic acids is 1. The Balaban J connectivity index is 1.31. The topological polar surface area (TPSA) is 99.1 Å². The third-order valence-corrected chi connectivity index (χ3v) is 7.08. The fourth-order valence-corrected chi connectivity index (χ4v) is 5.23. The number of anilines is 1. The van der Waals surface area contributed by atoms with Crippen molar-refractivity contribution in [2.75, 3.05) is 18.9 Å². The molecule has 2 fully saturated rings. The molecule has 7 heteroatoms. The highest BCUT2D eigenvalue weighted by Crippen LogP contribution is 2.32. The molecular weight excluding hydrogens is 438 g/mol. The first-order valence-electron chi connectivity index (χ1n) is 12.1. The minimum atomic E-state index is 0.000545. The molecule has 4 N–H and O–H groups in total. The molecule has 1 saturated carbocycles. The number of hydrogen-bond donors (Lipinski definition) is 4. The fourth-order valence-electron chi connectivity index (χ4n) is 5.23.